The quantitative estimate of drug-likeness (QED) is 0.685. The highest BCUT2D eigenvalue weighted by atomic mass is 32.1. The summed E-state index contributed by atoms with van der Waals surface area (Å²) in [6.07, 6.45) is 3.77. The Kier molecular flexibility index (Phi) is 4.02. The third-order valence-electron chi connectivity index (χ3n) is 3.59. The fourth-order valence-electron chi connectivity index (χ4n) is 2.62. The molecule has 1 aromatic heterocycles. The lowest BCUT2D eigenvalue weighted by atomic mass is 9.89. The maximum Gasteiger partial charge on any atom is 0.123 e. The normalized spacial score (nSPS) is 16.1. The van der Waals surface area contributed by atoms with Gasteiger partial charge in [0.05, 0.1) is 12.3 Å². The molecule has 0 spiro atoms. The van der Waals surface area contributed by atoms with Crippen molar-refractivity contribution in [3.05, 3.63) is 51.7 Å². The van der Waals surface area contributed by atoms with Crippen LogP contribution in [0.25, 0.3) is 0 Å². The first-order valence-electron chi connectivity index (χ1n) is 6.87. The van der Waals surface area contributed by atoms with Crippen LogP contribution in [-0.2, 0) is 12.8 Å². The number of hydrogen-bond donors (Lipinski definition) is 1. The number of nitrogens with zero attached hydrogens (tertiary/aromatic N) is 1. The summed E-state index contributed by atoms with van der Waals surface area (Å²) < 4.78 is 5.94. The second-order valence-electron chi connectivity index (χ2n) is 4.86. The Morgan fingerprint density at radius 2 is 2.15 bits per heavy atom. The molecule has 104 valence electrons. The monoisotopic (exact) mass is 287 g/mol. The second-order valence-corrected chi connectivity index (χ2v) is 5.89. The molecule has 0 unspecified atom stereocenters. The maximum absolute atomic E-state index is 9.08. The molecule has 1 heterocycles. The Hall–Kier alpha value is -1.81. The number of fused-ring (bicyclic) bond motifs is 1. The number of ether oxygens (including phenoxy) is 1. The first-order valence-corrected chi connectivity index (χ1v) is 7.75. The molecule has 1 N–H and O–H groups in total. The van der Waals surface area contributed by atoms with E-state index >= 15 is 0 Å². The molecule has 0 amide bonds. The van der Waals surface area contributed by atoms with Gasteiger partial charge in [-0.3, -0.25) is 0 Å². The van der Waals surface area contributed by atoms with Gasteiger partial charge < -0.3 is 9.94 Å². The molecule has 3 rings (SSSR count). The van der Waals surface area contributed by atoms with Crippen LogP contribution in [0.4, 0.5) is 0 Å². The smallest absolute Gasteiger partial charge is 0.123 e. The van der Waals surface area contributed by atoms with Crippen LogP contribution < -0.4 is 4.74 Å². The van der Waals surface area contributed by atoms with Gasteiger partial charge in [-0.25, -0.2) is 0 Å². The lowest BCUT2D eigenvalue weighted by Crippen LogP contribution is -2.14. The number of hydrogen-bond acceptors (Lipinski definition) is 4. The van der Waals surface area contributed by atoms with Crippen molar-refractivity contribution >= 4 is 17.0 Å². The van der Waals surface area contributed by atoms with Crippen LogP contribution in [0.1, 0.15) is 28.8 Å². The molecule has 0 fully saturated rings. The van der Waals surface area contributed by atoms with Crippen LogP contribution in [0.2, 0.25) is 0 Å². The molecule has 1 aromatic carbocycles. The molecule has 0 bridgehead atoms. The van der Waals surface area contributed by atoms with E-state index in [4.69, 9.17) is 9.94 Å². The summed E-state index contributed by atoms with van der Waals surface area (Å²) in [5, 5.41) is 14.6. The van der Waals surface area contributed by atoms with Crippen LogP contribution in [-0.4, -0.2) is 17.5 Å². The molecule has 1 aliphatic rings. The van der Waals surface area contributed by atoms with Gasteiger partial charge in [0.2, 0.25) is 0 Å². The topological polar surface area (TPSA) is 41.8 Å². The molecule has 4 heteroatoms. The molecular weight excluding hydrogens is 270 g/mol. The largest absolute Gasteiger partial charge is 0.493 e. The van der Waals surface area contributed by atoms with Gasteiger partial charge in [0.1, 0.15) is 5.75 Å². The van der Waals surface area contributed by atoms with Crippen LogP contribution in [0.15, 0.2) is 40.9 Å². The average Bonchev–Trinajstić information content (AvgIpc) is 3.00. The van der Waals surface area contributed by atoms with Gasteiger partial charge in [0, 0.05) is 22.4 Å². The minimum absolute atomic E-state index is 0.683. The standard InChI is InChI=1S/C16H17NO2S/c18-17-15-7-1-6-14-13(15)5-2-8-16(14)19-10-9-12-4-3-11-20-12/h2-5,8,11,18H,1,6-7,9-10H2. The number of oxime groups is 1. The third-order valence-corrected chi connectivity index (χ3v) is 4.53. The summed E-state index contributed by atoms with van der Waals surface area (Å²) in [5.41, 5.74) is 2.99. The summed E-state index contributed by atoms with van der Waals surface area (Å²) in [6.45, 7) is 0.683. The molecule has 1 aliphatic carbocycles. The minimum atomic E-state index is 0.683. The first kappa shape index (κ1) is 13.2. The molecule has 2 aromatic rings. The summed E-state index contributed by atoms with van der Waals surface area (Å²) >= 11 is 1.76. The molecule has 0 saturated carbocycles. The molecular formula is C16H17NO2S. The Labute approximate surface area is 122 Å². The van der Waals surface area contributed by atoms with Gasteiger partial charge in [-0.2, -0.15) is 0 Å². The molecule has 3 nitrogen and oxygen atoms in total. The van der Waals surface area contributed by atoms with E-state index in [-0.39, 0.29) is 0 Å². The van der Waals surface area contributed by atoms with Crippen molar-refractivity contribution in [2.24, 2.45) is 5.16 Å². The zero-order chi connectivity index (χ0) is 13.8. The lowest BCUT2D eigenvalue weighted by Gasteiger charge is -2.20. The van der Waals surface area contributed by atoms with Gasteiger partial charge >= 0.3 is 0 Å². The second kappa shape index (κ2) is 6.09. The van der Waals surface area contributed by atoms with Gasteiger partial charge in [0.25, 0.3) is 0 Å². The number of benzene rings is 1. The van der Waals surface area contributed by atoms with E-state index in [2.05, 4.69) is 22.7 Å². The van der Waals surface area contributed by atoms with Gasteiger partial charge in [-0.05, 0) is 36.8 Å². The molecule has 0 radical (unpaired) electrons. The van der Waals surface area contributed by atoms with Gasteiger partial charge in [-0.1, -0.05) is 23.4 Å². The lowest BCUT2D eigenvalue weighted by molar-refractivity contribution is 0.314. The van der Waals surface area contributed by atoms with Crippen LogP contribution in [0.5, 0.6) is 5.75 Å². The molecule has 20 heavy (non-hydrogen) atoms. The van der Waals surface area contributed by atoms with Crippen molar-refractivity contribution in [3.63, 3.8) is 0 Å². The SMILES string of the molecule is ON=C1CCCc2c(OCCc3cccs3)cccc21. The highest BCUT2D eigenvalue weighted by Gasteiger charge is 2.19. The molecule has 0 aliphatic heterocycles. The predicted octanol–water partition coefficient (Wildman–Crippen LogP) is 3.88. The van der Waals surface area contributed by atoms with Crippen molar-refractivity contribution in [1.82, 2.24) is 0 Å². The first-order chi connectivity index (χ1) is 9.88. The Balaban J connectivity index is 1.74. The summed E-state index contributed by atoms with van der Waals surface area (Å²) in [7, 11) is 0. The molecule has 0 atom stereocenters. The van der Waals surface area contributed by atoms with E-state index in [1.54, 1.807) is 11.3 Å². The summed E-state index contributed by atoms with van der Waals surface area (Å²) in [4.78, 5) is 1.34. The van der Waals surface area contributed by atoms with E-state index in [1.807, 2.05) is 18.2 Å². The number of thiophene rings is 1. The van der Waals surface area contributed by atoms with E-state index in [1.165, 1.54) is 10.4 Å². The zero-order valence-electron chi connectivity index (χ0n) is 11.2. The number of rotatable bonds is 4. The Morgan fingerprint density at radius 1 is 1.20 bits per heavy atom. The van der Waals surface area contributed by atoms with E-state index in [9.17, 15) is 0 Å². The van der Waals surface area contributed by atoms with Crippen molar-refractivity contribution in [2.75, 3.05) is 6.61 Å². The minimum Gasteiger partial charge on any atom is -0.493 e. The molecule has 0 saturated heterocycles. The fourth-order valence-corrected chi connectivity index (χ4v) is 3.31. The van der Waals surface area contributed by atoms with E-state index in [0.717, 1.165) is 42.7 Å². The van der Waals surface area contributed by atoms with Crippen molar-refractivity contribution < 1.29 is 9.94 Å². The van der Waals surface area contributed by atoms with Gasteiger partial charge in [-0.15, -0.1) is 11.3 Å². The Morgan fingerprint density at radius 3 is 2.95 bits per heavy atom. The average molecular weight is 287 g/mol. The highest BCUT2D eigenvalue weighted by Crippen LogP contribution is 2.30. The predicted molar refractivity (Wildman–Crippen MR) is 81.2 cm³/mol. The van der Waals surface area contributed by atoms with E-state index < -0.39 is 0 Å². The maximum atomic E-state index is 9.08. The summed E-state index contributed by atoms with van der Waals surface area (Å²) in [6, 6.07) is 10.2. The van der Waals surface area contributed by atoms with Crippen LogP contribution in [0, 0.1) is 0 Å². The summed E-state index contributed by atoms with van der Waals surface area (Å²) in [5.74, 6) is 0.930. The van der Waals surface area contributed by atoms with Crippen molar-refractivity contribution in [1.29, 1.82) is 0 Å². The fraction of sp³-hybridized carbons (Fsp3) is 0.312. The zero-order valence-corrected chi connectivity index (χ0v) is 12.0. The highest BCUT2D eigenvalue weighted by molar-refractivity contribution is 7.09. The van der Waals surface area contributed by atoms with Crippen molar-refractivity contribution in [2.45, 2.75) is 25.7 Å². The van der Waals surface area contributed by atoms with Crippen LogP contribution >= 0.6 is 11.3 Å². The Bertz CT molecular complexity index is 605. The van der Waals surface area contributed by atoms with Crippen molar-refractivity contribution in [3.8, 4) is 5.75 Å². The van der Waals surface area contributed by atoms with Gasteiger partial charge in [0.15, 0.2) is 0 Å². The van der Waals surface area contributed by atoms with E-state index in [0.29, 0.717) is 6.61 Å². The third kappa shape index (κ3) is 2.70. The van der Waals surface area contributed by atoms with Crippen LogP contribution in [0.3, 0.4) is 0 Å².